The number of ketones is 1. The van der Waals surface area contributed by atoms with Crippen LogP contribution in [-0.2, 0) is 9.59 Å². The van der Waals surface area contributed by atoms with Crippen LogP contribution in [-0.4, -0.2) is 56.1 Å². The average molecular weight is 294 g/mol. The van der Waals surface area contributed by atoms with Crippen molar-refractivity contribution in [3.05, 3.63) is 0 Å². The van der Waals surface area contributed by atoms with Gasteiger partial charge in [-0.1, -0.05) is 0 Å². The highest BCUT2D eigenvalue weighted by atomic mass is 32.3. The minimum Gasteiger partial charge on any atom is -0.396 e. The molecule has 19 heavy (non-hydrogen) atoms. The normalized spacial score (nSPS) is 28.9. The molecule has 0 unspecified atom stereocenters. The van der Waals surface area contributed by atoms with Gasteiger partial charge in [0.1, 0.15) is 6.29 Å². The van der Waals surface area contributed by atoms with Crippen LogP contribution < -0.4 is 0 Å². The van der Waals surface area contributed by atoms with Crippen LogP contribution in [0.25, 0.3) is 0 Å². The molecule has 1 fully saturated rings. The summed E-state index contributed by atoms with van der Waals surface area (Å²) in [7, 11) is -3.23. The molecular formula is C12H22O6S. The minimum atomic E-state index is -3.23. The molecule has 0 atom stereocenters. The molecule has 112 valence electrons. The summed E-state index contributed by atoms with van der Waals surface area (Å²) in [5.74, 6) is -1.17. The Labute approximate surface area is 114 Å². The lowest BCUT2D eigenvalue weighted by atomic mass is 9.69. The molecule has 1 aliphatic rings. The van der Waals surface area contributed by atoms with E-state index in [1.807, 2.05) is 0 Å². The second-order valence-electron chi connectivity index (χ2n) is 5.27. The quantitative estimate of drug-likeness (QED) is 0.513. The summed E-state index contributed by atoms with van der Waals surface area (Å²) in [6.45, 7) is -0.267. The number of aldehydes is 1. The van der Waals surface area contributed by atoms with E-state index in [1.165, 1.54) is 0 Å². The lowest BCUT2D eigenvalue weighted by Crippen LogP contribution is -2.42. The Morgan fingerprint density at radius 1 is 1.26 bits per heavy atom. The molecule has 0 heterocycles. The SMILES string of the molecule is O=CCS(O)(O)CC(=O)C1(CO)CCC(CO)CC1. The molecule has 0 bridgehead atoms. The van der Waals surface area contributed by atoms with Crippen LogP contribution in [0.4, 0.5) is 0 Å². The zero-order valence-corrected chi connectivity index (χ0v) is 11.6. The summed E-state index contributed by atoms with van der Waals surface area (Å²) >= 11 is 0. The van der Waals surface area contributed by atoms with Gasteiger partial charge in [0.15, 0.2) is 5.78 Å². The standard InChI is InChI=1S/C12H22O6S/c13-5-6-19(17,18)8-11(16)12(9-15)3-1-10(7-14)2-4-12/h5,10,14-15,17-18H,1-4,6-9H2. The third-order valence-electron chi connectivity index (χ3n) is 3.91. The fraction of sp³-hybridized carbons (Fsp3) is 0.833. The van der Waals surface area contributed by atoms with Crippen molar-refractivity contribution in [2.75, 3.05) is 24.7 Å². The fourth-order valence-electron chi connectivity index (χ4n) is 2.47. The summed E-state index contributed by atoms with van der Waals surface area (Å²) in [6.07, 6.45) is 2.52. The van der Waals surface area contributed by atoms with Crippen molar-refractivity contribution < 1.29 is 28.9 Å². The molecule has 1 saturated carbocycles. The summed E-state index contributed by atoms with van der Waals surface area (Å²) in [6, 6.07) is 0. The second-order valence-corrected chi connectivity index (χ2v) is 7.49. The van der Waals surface area contributed by atoms with Gasteiger partial charge in [0.2, 0.25) is 0 Å². The zero-order chi connectivity index (χ0) is 14.5. The number of Topliss-reactive ketones (excluding diaryl/α,β-unsaturated/α-hetero) is 1. The Bertz CT molecular complexity index is 322. The van der Waals surface area contributed by atoms with E-state index in [-0.39, 0.29) is 19.1 Å². The van der Waals surface area contributed by atoms with Crippen molar-refractivity contribution in [1.29, 1.82) is 0 Å². The molecule has 6 nitrogen and oxygen atoms in total. The van der Waals surface area contributed by atoms with E-state index in [0.29, 0.717) is 32.0 Å². The maximum atomic E-state index is 12.2. The van der Waals surface area contributed by atoms with Gasteiger partial charge in [-0.3, -0.25) is 13.9 Å². The van der Waals surface area contributed by atoms with E-state index in [2.05, 4.69) is 0 Å². The topological polar surface area (TPSA) is 115 Å². The first kappa shape index (κ1) is 16.6. The molecule has 0 radical (unpaired) electrons. The van der Waals surface area contributed by atoms with E-state index >= 15 is 0 Å². The van der Waals surface area contributed by atoms with Crippen LogP contribution >= 0.6 is 10.6 Å². The lowest BCUT2D eigenvalue weighted by Gasteiger charge is -2.40. The minimum absolute atomic E-state index is 0.0655. The van der Waals surface area contributed by atoms with Gasteiger partial charge >= 0.3 is 0 Å². The largest absolute Gasteiger partial charge is 0.396 e. The first-order valence-corrected chi connectivity index (χ1v) is 8.20. The van der Waals surface area contributed by atoms with Gasteiger partial charge in [-0.2, -0.15) is 10.6 Å². The highest BCUT2D eigenvalue weighted by Gasteiger charge is 2.42. The van der Waals surface area contributed by atoms with E-state index < -0.39 is 33.3 Å². The van der Waals surface area contributed by atoms with E-state index in [4.69, 9.17) is 5.11 Å². The third-order valence-corrected chi connectivity index (χ3v) is 5.31. The molecule has 1 aliphatic carbocycles. The van der Waals surface area contributed by atoms with Gasteiger partial charge in [-0.15, -0.1) is 0 Å². The Hall–Kier alpha value is -0.470. The van der Waals surface area contributed by atoms with E-state index in [9.17, 15) is 23.8 Å². The van der Waals surface area contributed by atoms with Crippen LogP contribution in [0.3, 0.4) is 0 Å². The molecule has 0 aromatic heterocycles. The number of carbonyl (C=O) groups excluding carboxylic acids is 2. The molecule has 7 heteroatoms. The molecule has 0 amide bonds. The lowest BCUT2D eigenvalue weighted by molar-refractivity contribution is -0.131. The first-order chi connectivity index (χ1) is 8.89. The van der Waals surface area contributed by atoms with Crippen molar-refractivity contribution in [2.24, 2.45) is 11.3 Å². The van der Waals surface area contributed by atoms with Crippen molar-refractivity contribution in [1.82, 2.24) is 0 Å². The van der Waals surface area contributed by atoms with E-state index in [0.717, 1.165) is 0 Å². The van der Waals surface area contributed by atoms with Gasteiger partial charge in [-0.05, 0) is 31.6 Å². The summed E-state index contributed by atoms with van der Waals surface area (Å²) in [5.41, 5.74) is -0.946. The van der Waals surface area contributed by atoms with Crippen LogP contribution in [0.1, 0.15) is 25.7 Å². The Morgan fingerprint density at radius 3 is 2.26 bits per heavy atom. The number of aliphatic hydroxyl groups excluding tert-OH is 2. The maximum Gasteiger partial charge on any atom is 0.160 e. The highest BCUT2D eigenvalue weighted by Crippen LogP contribution is 2.44. The molecule has 0 aromatic rings. The van der Waals surface area contributed by atoms with Crippen molar-refractivity contribution in [2.45, 2.75) is 25.7 Å². The molecule has 0 spiro atoms. The second kappa shape index (κ2) is 6.81. The predicted octanol–water partition coefficient (Wildman–Crippen LogP) is 0.666. The molecule has 4 N–H and O–H groups in total. The smallest absolute Gasteiger partial charge is 0.160 e. The third kappa shape index (κ3) is 4.25. The summed E-state index contributed by atoms with van der Waals surface area (Å²) in [5, 5.41) is 18.6. The summed E-state index contributed by atoms with van der Waals surface area (Å²) in [4.78, 5) is 22.5. The van der Waals surface area contributed by atoms with Gasteiger partial charge in [-0.25, -0.2) is 0 Å². The molecule has 1 rings (SSSR count). The number of hydrogen-bond acceptors (Lipinski definition) is 6. The first-order valence-electron chi connectivity index (χ1n) is 6.31. The van der Waals surface area contributed by atoms with E-state index in [1.54, 1.807) is 0 Å². The highest BCUT2D eigenvalue weighted by molar-refractivity contribution is 8.25. The average Bonchev–Trinajstić information content (AvgIpc) is 2.38. The maximum absolute atomic E-state index is 12.2. The Balaban J connectivity index is 2.69. The van der Waals surface area contributed by atoms with Gasteiger partial charge in [0.05, 0.1) is 23.5 Å². The van der Waals surface area contributed by atoms with Gasteiger partial charge in [0, 0.05) is 6.61 Å². The summed E-state index contributed by atoms with van der Waals surface area (Å²) < 4.78 is 19.2. The van der Waals surface area contributed by atoms with Crippen molar-refractivity contribution in [3.8, 4) is 0 Å². The Kier molecular flexibility index (Phi) is 5.94. The van der Waals surface area contributed by atoms with Crippen LogP contribution in [0, 0.1) is 11.3 Å². The van der Waals surface area contributed by atoms with Gasteiger partial charge < -0.3 is 15.0 Å². The van der Waals surface area contributed by atoms with Crippen LogP contribution in [0.15, 0.2) is 0 Å². The molecule has 0 aromatic carbocycles. The number of aliphatic hydroxyl groups is 2. The number of rotatable bonds is 7. The number of hydrogen-bond donors (Lipinski definition) is 4. The van der Waals surface area contributed by atoms with Crippen LogP contribution in [0.2, 0.25) is 0 Å². The predicted molar refractivity (Wildman–Crippen MR) is 72.2 cm³/mol. The van der Waals surface area contributed by atoms with Crippen molar-refractivity contribution >= 4 is 22.7 Å². The van der Waals surface area contributed by atoms with Crippen LogP contribution in [0.5, 0.6) is 0 Å². The molecular weight excluding hydrogens is 272 g/mol. The van der Waals surface area contributed by atoms with Gasteiger partial charge in [0.25, 0.3) is 0 Å². The van der Waals surface area contributed by atoms with Crippen molar-refractivity contribution in [3.63, 3.8) is 0 Å². The monoisotopic (exact) mass is 294 g/mol. The zero-order valence-electron chi connectivity index (χ0n) is 10.8. The molecule has 0 saturated heterocycles. The Morgan fingerprint density at radius 2 is 1.84 bits per heavy atom. The number of carbonyl (C=O) groups is 2. The molecule has 0 aliphatic heterocycles. The fourth-order valence-corrected chi connectivity index (χ4v) is 3.53.